The second kappa shape index (κ2) is 8.47. The molecule has 2 aliphatic rings. The zero-order valence-electron chi connectivity index (χ0n) is 16.1. The van der Waals surface area contributed by atoms with Crippen LogP contribution in [0, 0.1) is 5.82 Å². The average Bonchev–Trinajstić information content (AvgIpc) is 3.01. The molecule has 2 fully saturated rings. The van der Waals surface area contributed by atoms with E-state index in [2.05, 4.69) is 5.32 Å². The largest absolute Gasteiger partial charge is 0.489 e. The van der Waals surface area contributed by atoms with E-state index in [1.54, 1.807) is 30.3 Å². The molecule has 4 rings (SSSR count). The summed E-state index contributed by atoms with van der Waals surface area (Å²) in [4.78, 5) is 26.4. The lowest BCUT2D eigenvalue weighted by Gasteiger charge is -2.28. The molecule has 5 nitrogen and oxygen atoms in total. The van der Waals surface area contributed by atoms with Crippen LogP contribution in [0.15, 0.2) is 54.2 Å². The number of nitrogens with one attached hydrogen (secondary N) is 1. The first-order valence-corrected chi connectivity index (χ1v) is 9.94. The molecule has 6 heteroatoms. The molecule has 150 valence electrons. The summed E-state index contributed by atoms with van der Waals surface area (Å²) >= 11 is 0. The molecule has 0 atom stereocenters. The van der Waals surface area contributed by atoms with Gasteiger partial charge in [0.05, 0.1) is 0 Å². The molecule has 1 saturated carbocycles. The highest BCUT2D eigenvalue weighted by atomic mass is 19.1. The van der Waals surface area contributed by atoms with Gasteiger partial charge in [0.2, 0.25) is 0 Å². The van der Waals surface area contributed by atoms with E-state index >= 15 is 0 Å². The third-order valence-corrected chi connectivity index (χ3v) is 5.34. The number of urea groups is 1. The van der Waals surface area contributed by atoms with E-state index in [1.807, 2.05) is 12.1 Å². The molecule has 1 heterocycles. The molecular weight excluding hydrogens is 371 g/mol. The fourth-order valence-electron chi connectivity index (χ4n) is 3.84. The molecule has 29 heavy (non-hydrogen) atoms. The first-order valence-electron chi connectivity index (χ1n) is 9.94. The van der Waals surface area contributed by atoms with E-state index in [4.69, 9.17) is 4.74 Å². The van der Waals surface area contributed by atoms with Crippen molar-refractivity contribution < 1.29 is 18.7 Å². The van der Waals surface area contributed by atoms with Gasteiger partial charge in [0.1, 0.15) is 23.9 Å². The number of hydrogen-bond donors (Lipinski definition) is 1. The van der Waals surface area contributed by atoms with Crippen molar-refractivity contribution in [2.75, 3.05) is 0 Å². The summed E-state index contributed by atoms with van der Waals surface area (Å²) in [5, 5.41) is 2.70. The molecule has 1 aliphatic heterocycles. The molecule has 1 saturated heterocycles. The van der Waals surface area contributed by atoms with Crippen molar-refractivity contribution in [3.63, 3.8) is 0 Å². The number of amides is 3. The summed E-state index contributed by atoms with van der Waals surface area (Å²) in [6.07, 6.45) is 6.71. The number of ether oxygens (including phenoxy) is 1. The summed E-state index contributed by atoms with van der Waals surface area (Å²) in [6.45, 7) is 0.267. The Balaban J connectivity index is 1.40. The lowest BCUT2D eigenvalue weighted by Crippen LogP contribution is -2.41. The second-order valence-corrected chi connectivity index (χ2v) is 7.44. The van der Waals surface area contributed by atoms with Gasteiger partial charge in [-0.1, -0.05) is 43.5 Å². The molecule has 0 radical (unpaired) electrons. The maximum Gasteiger partial charge on any atom is 0.329 e. The molecule has 1 N–H and O–H groups in total. The van der Waals surface area contributed by atoms with Gasteiger partial charge in [-0.15, -0.1) is 0 Å². The minimum Gasteiger partial charge on any atom is -0.489 e. The Hall–Kier alpha value is -3.15. The quantitative estimate of drug-likeness (QED) is 0.594. The Bertz CT molecular complexity index is 933. The normalized spacial score (nSPS) is 18.9. The molecular formula is C23H23FN2O3. The Labute approximate surface area is 169 Å². The highest BCUT2D eigenvalue weighted by molar-refractivity contribution is 6.14. The molecule has 2 aromatic carbocycles. The molecule has 0 bridgehead atoms. The predicted octanol–water partition coefficient (Wildman–Crippen LogP) is 4.63. The lowest BCUT2D eigenvalue weighted by molar-refractivity contribution is -0.124. The first-order chi connectivity index (χ1) is 14.1. The highest BCUT2D eigenvalue weighted by Gasteiger charge is 2.38. The number of benzene rings is 2. The number of carbonyl (C=O) groups excluding carboxylic acids is 2. The van der Waals surface area contributed by atoms with Crippen molar-refractivity contribution in [2.45, 2.75) is 44.8 Å². The Morgan fingerprint density at radius 3 is 2.55 bits per heavy atom. The molecule has 0 aromatic heterocycles. The van der Waals surface area contributed by atoms with Gasteiger partial charge in [0.15, 0.2) is 0 Å². The monoisotopic (exact) mass is 394 g/mol. The van der Waals surface area contributed by atoms with Gasteiger partial charge in [-0.3, -0.25) is 9.69 Å². The van der Waals surface area contributed by atoms with Crippen molar-refractivity contribution in [3.8, 4) is 5.75 Å². The number of carbonyl (C=O) groups is 2. The van der Waals surface area contributed by atoms with Gasteiger partial charge < -0.3 is 10.1 Å². The lowest BCUT2D eigenvalue weighted by atomic mass is 9.94. The van der Waals surface area contributed by atoms with Crippen LogP contribution in [-0.4, -0.2) is 22.9 Å². The Kier molecular flexibility index (Phi) is 5.60. The summed E-state index contributed by atoms with van der Waals surface area (Å²) in [5.74, 6) is 0.0916. The smallest absolute Gasteiger partial charge is 0.329 e. The second-order valence-electron chi connectivity index (χ2n) is 7.44. The van der Waals surface area contributed by atoms with Crippen LogP contribution >= 0.6 is 0 Å². The van der Waals surface area contributed by atoms with E-state index in [1.165, 1.54) is 17.0 Å². The highest BCUT2D eigenvalue weighted by Crippen LogP contribution is 2.27. The Morgan fingerprint density at radius 2 is 1.83 bits per heavy atom. The third kappa shape index (κ3) is 4.47. The van der Waals surface area contributed by atoms with Gasteiger partial charge in [-0.25, -0.2) is 9.18 Å². The SMILES string of the molecule is O=C1N/C(=C\c2ccc(OCc3cccc(F)c3)cc2)C(=O)N1C1CCCCC1. The van der Waals surface area contributed by atoms with Crippen molar-refractivity contribution in [1.82, 2.24) is 10.2 Å². The Morgan fingerprint density at radius 1 is 1.07 bits per heavy atom. The number of nitrogens with zero attached hydrogens (tertiary/aromatic N) is 1. The molecule has 2 aromatic rings. The summed E-state index contributed by atoms with van der Waals surface area (Å²) in [6, 6.07) is 13.1. The minimum absolute atomic E-state index is 0.000694. The van der Waals surface area contributed by atoms with Crippen LogP contribution in [0.3, 0.4) is 0 Å². The van der Waals surface area contributed by atoms with Crippen LogP contribution in [0.25, 0.3) is 6.08 Å². The van der Waals surface area contributed by atoms with Crippen LogP contribution in [0.2, 0.25) is 0 Å². The topological polar surface area (TPSA) is 58.6 Å². The number of halogens is 1. The van der Waals surface area contributed by atoms with Gasteiger partial charge in [-0.05, 0) is 54.3 Å². The van der Waals surface area contributed by atoms with Crippen LogP contribution in [-0.2, 0) is 11.4 Å². The molecule has 1 aliphatic carbocycles. The summed E-state index contributed by atoms with van der Waals surface area (Å²) in [5.41, 5.74) is 1.84. The van der Waals surface area contributed by atoms with E-state index in [0.717, 1.165) is 43.2 Å². The standard InChI is InChI=1S/C23H23FN2O3/c24-18-6-4-5-17(13-18)15-29-20-11-9-16(10-12-20)14-21-22(27)26(23(28)25-21)19-7-2-1-3-8-19/h4-6,9-14,19H,1-3,7-8,15H2,(H,25,28)/b21-14-. The molecule has 0 unspecified atom stereocenters. The average molecular weight is 394 g/mol. The van der Waals surface area contributed by atoms with Crippen LogP contribution in [0.5, 0.6) is 5.75 Å². The summed E-state index contributed by atoms with van der Waals surface area (Å²) in [7, 11) is 0. The zero-order valence-corrected chi connectivity index (χ0v) is 16.1. The molecule has 0 spiro atoms. The fourth-order valence-corrected chi connectivity index (χ4v) is 3.84. The van der Waals surface area contributed by atoms with Crippen LogP contribution < -0.4 is 10.1 Å². The third-order valence-electron chi connectivity index (χ3n) is 5.34. The van der Waals surface area contributed by atoms with Crippen LogP contribution in [0.1, 0.15) is 43.2 Å². The maximum atomic E-state index is 13.2. The van der Waals surface area contributed by atoms with E-state index < -0.39 is 0 Å². The van der Waals surface area contributed by atoms with Crippen molar-refractivity contribution in [1.29, 1.82) is 0 Å². The van der Waals surface area contributed by atoms with Crippen molar-refractivity contribution in [2.24, 2.45) is 0 Å². The van der Waals surface area contributed by atoms with Crippen molar-refractivity contribution in [3.05, 3.63) is 71.2 Å². The van der Waals surface area contributed by atoms with Gasteiger partial charge in [0.25, 0.3) is 5.91 Å². The summed E-state index contributed by atoms with van der Waals surface area (Å²) < 4.78 is 18.9. The van der Waals surface area contributed by atoms with Crippen LogP contribution in [0.4, 0.5) is 9.18 Å². The number of imide groups is 1. The number of hydrogen-bond acceptors (Lipinski definition) is 3. The minimum atomic E-state index is -0.330. The maximum absolute atomic E-state index is 13.2. The zero-order chi connectivity index (χ0) is 20.2. The predicted molar refractivity (Wildman–Crippen MR) is 107 cm³/mol. The molecule has 3 amide bonds. The van der Waals surface area contributed by atoms with Crippen molar-refractivity contribution >= 4 is 18.0 Å². The van der Waals surface area contributed by atoms with E-state index in [0.29, 0.717) is 11.4 Å². The first kappa shape index (κ1) is 19.2. The fraction of sp³-hybridized carbons (Fsp3) is 0.304. The van der Waals surface area contributed by atoms with Gasteiger partial charge in [-0.2, -0.15) is 0 Å². The van der Waals surface area contributed by atoms with Gasteiger partial charge >= 0.3 is 6.03 Å². The van der Waals surface area contributed by atoms with E-state index in [9.17, 15) is 14.0 Å². The van der Waals surface area contributed by atoms with E-state index in [-0.39, 0.29) is 30.4 Å². The number of rotatable bonds is 5. The van der Waals surface area contributed by atoms with Gasteiger partial charge in [0, 0.05) is 6.04 Å².